The lowest BCUT2D eigenvalue weighted by Crippen LogP contribution is -2.31. The SMILES string of the molecule is OC(Cc1nc[nH]n1)(c1ccc(F)cc1)c1ccc(Cl)cc1Cl. The summed E-state index contributed by atoms with van der Waals surface area (Å²) in [5.41, 5.74) is -0.592. The maximum Gasteiger partial charge on any atom is 0.153 e. The predicted molar refractivity (Wildman–Crippen MR) is 85.9 cm³/mol. The van der Waals surface area contributed by atoms with Gasteiger partial charge in [-0.25, -0.2) is 9.37 Å². The summed E-state index contributed by atoms with van der Waals surface area (Å²) in [6.07, 6.45) is 1.49. The number of benzene rings is 2. The van der Waals surface area contributed by atoms with Crippen LogP contribution in [-0.4, -0.2) is 20.3 Å². The monoisotopic (exact) mass is 351 g/mol. The highest BCUT2D eigenvalue weighted by atomic mass is 35.5. The number of halogens is 3. The maximum atomic E-state index is 13.2. The summed E-state index contributed by atoms with van der Waals surface area (Å²) >= 11 is 12.2. The molecule has 118 valence electrons. The zero-order chi connectivity index (χ0) is 16.4. The Hall–Kier alpha value is -1.95. The molecule has 0 spiro atoms. The van der Waals surface area contributed by atoms with Gasteiger partial charge in [-0.1, -0.05) is 41.4 Å². The van der Waals surface area contributed by atoms with Crippen molar-refractivity contribution in [2.45, 2.75) is 12.0 Å². The molecule has 0 aliphatic carbocycles. The van der Waals surface area contributed by atoms with Crippen LogP contribution in [0.15, 0.2) is 48.8 Å². The molecule has 0 aliphatic heterocycles. The Labute approximate surface area is 141 Å². The molecule has 23 heavy (non-hydrogen) atoms. The average molecular weight is 352 g/mol. The fraction of sp³-hybridized carbons (Fsp3) is 0.125. The van der Waals surface area contributed by atoms with Gasteiger partial charge in [-0.05, 0) is 29.8 Å². The van der Waals surface area contributed by atoms with Crippen molar-refractivity contribution in [1.29, 1.82) is 0 Å². The summed E-state index contributed by atoms with van der Waals surface area (Å²) in [7, 11) is 0. The van der Waals surface area contributed by atoms with Gasteiger partial charge in [0.2, 0.25) is 0 Å². The van der Waals surface area contributed by atoms with Crippen LogP contribution in [0.2, 0.25) is 10.0 Å². The highest BCUT2D eigenvalue weighted by molar-refractivity contribution is 6.35. The molecule has 0 amide bonds. The van der Waals surface area contributed by atoms with Crippen LogP contribution in [0, 0.1) is 5.82 Å². The molecule has 0 saturated carbocycles. The van der Waals surface area contributed by atoms with Crippen LogP contribution in [0.1, 0.15) is 17.0 Å². The lowest BCUT2D eigenvalue weighted by atomic mass is 9.83. The zero-order valence-electron chi connectivity index (χ0n) is 11.8. The molecule has 4 nitrogen and oxygen atoms in total. The lowest BCUT2D eigenvalue weighted by molar-refractivity contribution is 0.0790. The third-order valence-electron chi connectivity index (χ3n) is 3.58. The third-order valence-corrected chi connectivity index (χ3v) is 4.13. The largest absolute Gasteiger partial charge is 0.380 e. The molecule has 3 rings (SSSR count). The van der Waals surface area contributed by atoms with E-state index in [1.165, 1.54) is 30.6 Å². The van der Waals surface area contributed by atoms with E-state index in [0.717, 1.165) is 0 Å². The Morgan fingerprint density at radius 1 is 1.13 bits per heavy atom. The molecule has 0 bridgehead atoms. The Bertz CT molecular complexity index is 809. The topological polar surface area (TPSA) is 61.8 Å². The fourth-order valence-electron chi connectivity index (χ4n) is 2.45. The van der Waals surface area contributed by atoms with E-state index in [1.54, 1.807) is 18.2 Å². The molecule has 1 aromatic heterocycles. The number of H-pyrrole nitrogens is 1. The van der Waals surface area contributed by atoms with E-state index in [9.17, 15) is 9.50 Å². The van der Waals surface area contributed by atoms with Gasteiger partial charge in [0, 0.05) is 22.0 Å². The van der Waals surface area contributed by atoms with E-state index < -0.39 is 11.4 Å². The number of aromatic nitrogens is 3. The average Bonchev–Trinajstić information content (AvgIpc) is 3.00. The molecular formula is C16H12Cl2FN3O. The minimum absolute atomic E-state index is 0.0729. The highest BCUT2D eigenvalue weighted by Crippen LogP contribution is 2.37. The Morgan fingerprint density at radius 3 is 2.48 bits per heavy atom. The second kappa shape index (κ2) is 6.28. The van der Waals surface area contributed by atoms with E-state index >= 15 is 0 Å². The smallest absolute Gasteiger partial charge is 0.153 e. The molecule has 1 heterocycles. The summed E-state index contributed by atoms with van der Waals surface area (Å²) in [4.78, 5) is 4.05. The minimum Gasteiger partial charge on any atom is -0.380 e. The quantitative estimate of drug-likeness (QED) is 0.752. The summed E-state index contributed by atoms with van der Waals surface area (Å²) in [6, 6.07) is 10.4. The normalized spacial score (nSPS) is 13.7. The summed E-state index contributed by atoms with van der Waals surface area (Å²) in [6.45, 7) is 0. The molecule has 2 aromatic carbocycles. The third kappa shape index (κ3) is 3.22. The fourth-order valence-corrected chi connectivity index (χ4v) is 3.02. The molecule has 0 fully saturated rings. The van der Waals surface area contributed by atoms with Crippen LogP contribution < -0.4 is 0 Å². The van der Waals surface area contributed by atoms with Crippen LogP contribution >= 0.6 is 23.2 Å². The van der Waals surface area contributed by atoms with Gasteiger partial charge < -0.3 is 5.11 Å². The first kappa shape index (κ1) is 15.9. The molecule has 1 atom stereocenters. The number of nitrogens with zero attached hydrogens (tertiary/aromatic N) is 2. The molecule has 7 heteroatoms. The van der Waals surface area contributed by atoms with Gasteiger partial charge in [0.1, 0.15) is 17.7 Å². The van der Waals surface area contributed by atoms with Crippen molar-refractivity contribution in [3.63, 3.8) is 0 Å². The van der Waals surface area contributed by atoms with E-state index in [-0.39, 0.29) is 6.42 Å². The van der Waals surface area contributed by atoms with Gasteiger partial charge in [0.25, 0.3) is 0 Å². The zero-order valence-corrected chi connectivity index (χ0v) is 13.3. The van der Waals surface area contributed by atoms with Crippen molar-refractivity contribution < 1.29 is 9.50 Å². The Kier molecular flexibility index (Phi) is 4.35. The Balaban J connectivity index is 2.14. The number of nitrogens with one attached hydrogen (secondary N) is 1. The second-order valence-corrected chi connectivity index (χ2v) is 5.93. The maximum absolute atomic E-state index is 13.2. The van der Waals surface area contributed by atoms with Crippen LogP contribution in [0.5, 0.6) is 0 Å². The lowest BCUT2D eigenvalue weighted by Gasteiger charge is -2.29. The summed E-state index contributed by atoms with van der Waals surface area (Å²) in [5.74, 6) is 0.0130. The molecule has 2 N–H and O–H groups in total. The molecule has 0 aliphatic rings. The number of aromatic amines is 1. The number of hydrogen-bond donors (Lipinski definition) is 2. The van der Waals surface area contributed by atoms with E-state index in [4.69, 9.17) is 23.2 Å². The van der Waals surface area contributed by atoms with Gasteiger partial charge >= 0.3 is 0 Å². The molecular weight excluding hydrogens is 340 g/mol. The molecule has 0 radical (unpaired) electrons. The minimum atomic E-state index is -1.52. The van der Waals surface area contributed by atoms with Crippen molar-refractivity contribution in [1.82, 2.24) is 15.2 Å². The highest BCUT2D eigenvalue weighted by Gasteiger charge is 2.35. The Morgan fingerprint density at radius 2 is 1.87 bits per heavy atom. The van der Waals surface area contributed by atoms with E-state index in [0.29, 0.717) is 27.0 Å². The summed E-state index contributed by atoms with van der Waals surface area (Å²) < 4.78 is 13.2. The molecule has 0 saturated heterocycles. The first-order chi connectivity index (χ1) is 11.0. The van der Waals surface area contributed by atoms with Crippen LogP contribution in [0.4, 0.5) is 4.39 Å². The van der Waals surface area contributed by atoms with E-state index in [2.05, 4.69) is 15.2 Å². The first-order valence-electron chi connectivity index (χ1n) is 6.77. The first-order valence-corrected chi connectivity index (χ1v) is 7.53. The van der Waals surface area contributed by atoms with Gasteiger partial charge in [-0.3, -0.25) is 5.10 Å². The number of hydrogen-bond acceptors (Lipinski definition) is 3. The summed E-state index contributed by atoms with van der Waals surface area (Å²) in [5, 5.41) is 18.7. The van der Waals surface area contributed by atoms with E-state index in [1.807, 2.05) is 0 Å². The molecule has 3 aromatic rings. The second-order valence-electron chi connectivity index (χ2n) is 5.08. The van der Waals surface area contributed by atoms with Crippen molar-refractivity contribution >= 4 is 23.2 Å². The van der Waals surface area contributed by atoms with Gasteiger partial charge in [-0.2, -0.15) is 5.10 Å². The van der Waals surface area contributed by atoms with Crippen LogP contribution in [-0.2, 0) is 12.0 Å². The van der Waals surface area contributed by atoms with Crippen LogP contribution in [0.25, 0.3) is 0 Å². The van der Waals surface area contributed by atoms with Gasteiger partial charge in [0.05, 0.1) is 0 Å². The predicted octanol–water partition coefficient (Wildman–Crippen LogP) is 3.73. The van der Waals surface area contributed by atoms with Crippen molar-refractivity contribution in [3.05, 3.63) is 81.6 Å². The van der Waals surface area contributed by atoms with Crippen molar-refractivity contribution in [3.8, 4) is 0 Å². The van der Waals surface area contributed by atoms with Gasteiger partial charge in [0.15, 0.2) is 5.82 Å². The number of rotatable bonds is 4. The van der Waals surface area contributed by atoms with Crippen molar-refractivity contribution in [2.24, 2.45) is 0 Å². The number of aliphatic hydroxyl groups is 1. The standard InChI is InChI=1S/C16H12Cl2FN3O/c17-11-3-6-13(14(18)7-11)16(23,8-15-20-9-21-22-15)10-1-4-12(19)5-2-10/h1-7,9,23H,8H2,(H,20,21,22). The van der Waals surface area contributed by atoms with Gasteiger partial charge in [-0.15, -0.1) is 0 Å². The van der Waals surface area contributed by atoms with Crippen molar-refractivity contribution in [2.75, 3.05) is 0 Å². The van der Waals surface area contributed by atoms with Crippen LogP contribution in [0.3, 0.4) is 0 Å². The molecule has 1 unspecified atom stereocenters.